The van der Waals surface area contributed by atoms with Gasteiger partial charge in [-0.2, -0.15) is 5.10 Å². The zero-order valence-electron chi connectivity index (χ0n) is 7.20. The van der Waals surface area contributed by atoms with Crippen molar-refractivity contribution in [3.8, 4) is 0 Å². The normalized spacial score (nSPS) is 11.2. The summed E-state index contributed by atoms with van der Waals surface area (Å²) in [5, 5.41) is 4.00. The van der Waals surface area contributed by atoms with Gasteiger partial charge < -0.3 is 11.5 Å². The SMILES string of the molecule is Cn1cc(C=CCCN)c(N)n1. The van der Waals surface area contributed by atoms with E-state index in [4.69, 9.17) is 11.5 Å². The highest BCUT2D eigenvalue weighted by Gasteiger charge is 1.97. The van der Waals surface area contributed by atoms with Crippen LogP contribution in [0, 0.1) is 0 Å². The quantitative estimate of drug-likeness (QED) is 0.681. The minimum absolute atomic E-state index is 0.561. The molecule has 0 aliphatic heterocycles. The fourth-order valence-corrected chi connectivity index (χ4v) is 0.959. The summed E-state index contributed by atoms with van der Waals surface area (Å²) in [7, 11) is 1.84. The maximum absolute atomic E-state index is 5.61. The highest BCUT2D eigenvalue weighted by Crippen LogP contribution is 2.09. The Morgan fingerprint density at radius 1 is 1.67 bits per heavy atom. The number of hydrogen-bond donors (Lipinski definition) is 2. The number of nitrogens with zero attached hydrogens (tertiary/aromatic N) is 2. The summed E-state index contributed by atoms with van der Waals surface area (Å²) < 4.78 is 1.69. The summed E-state index contributed by atoms with van der Waals surface area (Å²) >= 11 is 0. The van der Waals surface area contributed by atoms with Crippen molar-refractivity contribution < 1.29 is 0 Å². The third kappa shape index (κ3) is 2.10. The highest BCUT2D eigenvalue weighted by atomic mass is 15.3. The number of hydrogen-bond acceptors (Lipinski definition) is 3. The van der Waals surface area contributed by atoms with Crippen LogP contribution in [0.3, 0.4) is 0 Å². The molecule has 4 nitrogen and oxygen atoms in total. The molecule has 0 saturated carbocycles. The molecule has 66 valence electrons. The van der Waals surface area contributed by atoms with Crippen molar-refractivity contribution in [1.29, 1.82) is 0 Å². The van der Waals surface area contributed by atoms with E-state index in [1.54, 1.807) is 4.68 Å². The maximum atomic E-state index is 5.61. The van der Waals surface area contributed by atoms with E-state index in [9.17, 15) is 0 Å². The number of aromatic nitrogens is 2. The maximum Gasteiger partial charge on any atom is 0.152 e. The molecule has 4 N–H and O–H groups in total. The Hall–Kier alpha value is -1.29. The molecule has 0 spiro atoms. The van der Waals surface area contributed by atoms with Crippen molar-refractivity contribution in [2.75, 3.05) is 12.3 Å². The molecule has 0 aliphatic rings. The summed E-state index contributed by atoms with van der Waals surface area (Å²) in [5.74, 6) is 0.561. The van der Waals surface area contributed by atoms with Crippen LogP contribution >= 0.6 is 0 Å². The van der Waals surface area contributed by atoms with Crippen LogP contribution in [-0.4, -0.2) is 16.3 Å². The van der Waals surface area contributed by atoms with Crippen LogP contribution in [0.2, 0.25) is 0 Å². The van der Waals surface area contributed by atoms with E-state index in [1.165, 1.54) is 0 Å². The average Bonchev–Trinajstić information content (AvgIpc) is 2.31. The molecule has 4 heteroatoms. The van der Waals surface area contributed by atoms with E-state index in [2.05, 4.69) is 5.10 Å². The molecular formula is C8H14N4. The van der Waals surface area contributed by atoms with E-state index in [1.807, 2.05) is 25.4 Å². The number of anilines is 1. The predicted molar refractivity (Wildman–Crippen MR) is 50.3 cm³/mol. The zero-order valence-corrected chi connectivity index (χ0v) is 7.20. The summed E-state index contributed by atoms with van der Waals surface area (Å²) in [5.41, 5.74) is 11.9. The topological polar surface area (TPSA) is 69.9 Å². The van der Waals surface area contributed by atoms with Gasteiger partial charge >= 0.3 is 0 Å². The first-order valence-electron chi connectivity index (χ1n) is 3.89. The van der Waals surface area contributed by atoms with E-state index >= 15 is 0 Å². The molecular weight excluding hydrogens is 152 g/mol. The second-order valence-electron chi connectivity index (χ2n) is 2.62. The van der Waals surface area contributed by atoms with E-state index in [-0.39, 0.29) is 0 Å². The van der Waals surface area contributed by atoms with Gasteiger partial charge in [0.05, 0.1) is 0 Å². The lowest BCUT2D eigenvalue weighted by molar-refractivity contribution is 0.772. The van der Waals surface area contributed by atoms with Crippen molar-refractivity contribution in [2.24, 2.45) is 12.8 Å². The van der Waals surface area contributed by atoms with Crippen LogP contribution in [0.25, 0.3) is 6.08 Å². The Bertz CT molecular complexity index is 275. The summed E-state index contributed by atoms with van der Waals surface area (Å²) in [4.78, 5) is 0. The lowest BCUT2D eigenvalue weighted by atomic mass is 10.2. The van der Waals surface area contributed by atoms with Crippen LogP contribution in [0.5, 0.6) is 0 Å². The minimum Gasteiger partial charge on any atom is -0.382 e. The summed E-state index contributed by atoms with van der Waals surface area (Å²) in [6.45, 7) is 0.663. The molecule has 1 aromatic rings. The zero-order chi connectivity index (χ0) is 8.97. The van der Waals surface area contributed by atoms with Crippen LogP contribution in [0.4, 0.5) is 5.82 Å². The van der Waals surface area contributed by atoms with Gasteiger partial charge in [0.1, 0.15) is 0 Å². The molecule has 0 amide bonds. The summed E-state index contributed by atoms with van der Waals surface area (Å²) in [6, 6.07) is 0. The molecule has 0 saturated heterocycles. The van der Waals surface area contributed by atoms with Crippen molar-refractivity contribution in [3.63, 3.8) is 0 Å². The largest absolute Gasteiger partial charge is 0.382 e. The number of rotatable bonds is 3. The molecule has 0 fully saturated rings. The Morgan fingerprint density at radius 3 is 2.92 bits per heavy atom. The van der Waals surface area contributed by atoms with Gasteiger partial charge in [0.15, 0.2) is 5.82 Å². The standard InChI is InChI=1S/C8H14N4/c1-12-6-7(8(10)11-12)4-2-3-5-9/h2,4,6H,3,5,9H2,1H3,(H2,10,11). The van der Waals surface area contributed by atoms with Crippen LogP contribution in [-0.2, 0) is 7.05 Å². The van der Waals surface area contributed by atoms with Gasteiger partial charge in [-0.1, -0.05) is 12.2 Å². The number of aryl methyl sites for hydroxylation is 1. The van der Waals surface area contributed by atoms with Crippen molar-refractivity contribution >= 4 is 11.9 Å². The van der Waals surface area contributed by atoms with Gasteiger partial charge in [-0.15, -0.1) is 0 Å². The highest BCUT2D eigenvalue weighted by molar-refractivity contribution is 5.59. The van der Waals surface area contributed by atoms with Gasteiger partial charge in [0, 0.05) is 18.8 Å². The van der Waals surface area contributed by atoms with Crippen molar-refractivity contribution in [1.82, 2.24) is 9.78 Å². The van der Waals surface area contributed by atoms with Crippen molar-refractivity contribution in [3.05, 3.63) is 17.8 Å². The summed E-state index contributed by atoms with van der Waals surface area (Å²) in [6.07, 6.45) is 6.68. The van der Waals surface area contributed by atoms with E-state index < -0.39 is 0 Å². The van der Waals surface area contributed by atoms with Gasteiger partial charge in [-0.05, 0) is 13.0 Å². The molecule has 0 aromatic carbocycles. The molecule has 1 rings (SSSR count). The van der Waals surface area contributed by atoms with Gasteiger partial charge in [-0.3, -0.25) is 4.68 Å². The first kappa shape index (κ1) is 8.80. The lowest BCUT2D eigenvalue weighted by Gasteiger charge is -1.86. The Labute approximate surface area is 71.9 Å². The fraction of sp³-hybridized carbons (Fsp3) is 0.375. The van der Waals surface area contributed by atoms with Gasteiger partial charge in [0.25, 0.3) is 0 Å². The van der Waals surface area contributed by atoms with E-state index in [0.717, 1.165) is 12.0 Å². The van der Waals surface area contributed by atoms with Crippen LogP contribution in [0.1, 0.15) is 12.0 Å². The van der Waals surface area contributed by atoms with Crippen LogP contribution < -0.4 is 11.5 Å². The second-order valence-corrected chi connectivity index (χ2v) is 2.62. The minimum atomic E-state index is 0.561. The van der Waals surface area contributed by atoms with E-state index in [0.29, 0.717) is 12.4 Å². The number of nitrogen functional groups attached to an aromatic ring is 1. The second kappa shape index (κ2) is 3.92. The third-order valence-corrected chi connectivity index (χ3v) is 1.52. The number of nitrogens with two attached hydrogens (primary N) is 2. The predicted octanol–water partition coefficient (Wildman–Crippen LogP) is 0.364. The van der Waals surface area contributed by atoms with Crippen LogP contribution in [0.15, 0.2) is 12.3 Å². The van der Waals surface area contributed by atoms with Gasteiger partial charge in [-0.25, -0.2) is 0 Å². The van der Waals surface area contributed by atoms with Crippen molar-refractivity contribution in [2.45, 2.75) is 6.42 Å². The molecule has 0 atom stereocenters. The van der Waals surface area contributed by atoms with Gasteiger partial charge in [0.2, 0.25) is 0 Å². The lowest BCUT2D eigenvalue weighted by Crippen LogP contribution is -1.95. The Balaban J connectivity index is 2.68. The average molecular weight is 166 g/mol. The third-order valence-electron chi connectivity index (χ3n) is 1.52. The smallest absolute Gasteiger partial charge is 0.152 e. The molecule has 0 aliphatic carbocycles. The molecule has 0 unspecified atom stereocenters. The first-order valence-corrected chi connectivity index (χ1v) is 3.89. The Kier molecular flexibility index (Phi) is 2.88. The first-order chi connectivity index (χ1) is 5.74. The Morgan fingerprint density at radius 2 is 2.42 bits per heavy atom. The fourth-order valence-electron chi connectivity index (χ4n) is 0.959. The molecule has 12 heavy (non-hydrogen) atoms. The molecule has 1 aromatic heterocycles. The molecule has 0 bridgehead atoms. The monoisotopic (exact) mass is 166 g/mol. The molecule has 0 radical (unpaired) electrons. The molecule has 1 heterocycles.